The predicted octanol–water partition coefficient (Wildman–Crippen LogP) is 3.16. The summed E-state index contributed by atoms with van der Waals surface area (Å²) < 4.78 is 0. The molecule has 122 valence electrons. The Morgan fingerprint density at radius 1 is 1.14 bits per heavy atom. The van der Waals surface area contributed by atoms with Crippen LogP contribution in [0, 0.1) is 34.5 Å². The van der Waals surface area contributed by atoms with Crippen LogP contribution in [0.25, 0.3) is 0 Å². The summed E-state index contributed by atoms with van der Waals surface area (Å²) >= 11 is 0. The Morgan fingerprint density at radius 3 is 2.68 bits per heavy atom. The SMILES string of the molecule is C[C@]12CC[C@H]3[C@@H](CCC4C=C(O)C(O)C[C@@]43C)[C@@H]1C=C[C@@H]2N. The molecule has 22 heavy (non-hydrogen) atoms. The standard InChI is InChI=1S/C19H29NO2/c1-18-8-7-14-12(13(18)5-6-17(18)20)4-3-11-9-15(21)16(22)10-19(11,14)2/h5-6,9,11-14,16-17,21-22H,3-4,7-8,10,20H2,1-2H3/t11?,12-,13-,14-,16?,17-,18-,19-/m0/s1. The highest BCUT2D eigenvalue weighted by Crippen LogP contribution is 2.64. The fourth-order valence-corrected chi connectivity index (χ4v) is 6.39. The van der Waals surface area contributed by atoms with Gasteiger partial charge in [-0.25, -0.2) is 0 Å². The lowest BCUT2D eigenvalue weighted by molar-refractivity contribution is -0.0955. The van der Waals surface area contributed by atoms with E-state index in [2.05, 4.69) is 26.0 Å². The van der Waals surface area contributed by atoms with E-state index in [0.717, 1.165) is 6.42 Å². The van der Waals surface area contributed by atoms with Crippen LogP contribution in [0.1, 0.15) is 46.0 Å². The summed E-state index contributed by atoms with van der Waals surface area (Å²) in [4.78, 5) is 0. The molecule has 4 N–H and O–H groups in total. The minimum Gasteiger partial charge on any atom is -0.510 e. The number of hydrogen-bond acceptors (Lipinski definition) is 3. The lowest BCUT2D eigenvalue weighted by Crippen LogP contribution is -2.55. The molecule has 2 saturated carbocycles. The number of nitrogens with two attached hydrogens (primary N) is 1. The molecule has 0 bridgehead atoms. The lowest BCUT2D eigenvalue weighted by atomic mass is 9.45. The van der Waals surface area contributed by atoms with Gasteiger partial charge in [0.2, 0.25) is 0 Å². The molecule has 2 unspecified atom stereocenters. The molecule has 3 nitrogen and oxygen atoms in total. The summed E-state index contributed by atoms with van der Waals surface area (Å²) in [6, 6.07) is 0.199. The van der Waals surface area contributed by atoms with Crippen LogP contribution in [-0.4, -0.2) is 22.4 Å². The summed E-state index contributed by atoms with van der Waals surface area (Å²) in [6.45, 7) is 4.72. The van der Waals surface area contributed by atoms with E-state index in [1.807, 2.05) is 6.08 Å². The van der Waals surface area contributed by atoms with Gasteiger partial charge in [0.15, 0.2) is 0 Å². The van der Waals surface area contributed by atoms with E-state index in [1.165, 1.54) is 19.3 Å². The van der Waals surface area contributed by atoms with Crippen molar-refractivity contribution in [2.45, 2.75) is 58.1 Å². The molecule has 8 atom stereocenters. The van der Waals surface area contributed by atoms with Crippen LogP contribution in [0.5, 0.6) is 0 Å². The van der Waals surface area contributed by atoms with Crippen molar-refractivity contribution >= 4 is 0 Å². The monoisotopic (exact) mass is 303 g/mol. The highest BCUT2D eigenvalue weighted by atomic mass is 16.3. The van der Waals surface area contributed by atoms with Gasteiger partial charge in [0.1, 0.15) is 11.9 Å². The van der Waals surface area contributed by atoms with Crippen LogP contribution in [0.2, 0.25) is 0 Å². The molecule has 2 fully saturated rings. The maximum atomic E-state index is 10.2. The fourth-order valence-electron chi connectivity index (χ4n) is 6.39. The number of aliphatic hydroxyl groups excluding tert-OH is 2. The first kappa shape index (κ1) is 14.8. The van der Waals surface area contributed by atoms with Crippen LogP contribution < -0.4 is 5.73 Å². The first-order valence-electron chi connectivity index (χ1n) is 8.89. The molecule has 4 aliphatic rings. The van der Waals surface area contributed by atoms with Crippen LogP contribution in [0.4, 0.5) is 0 Å². The zero-order valence-electron chi connectivity index (χ0n) is 13.7. The molecule has 0 radical (unpaired) electrons. The zero-order chi connectivity index (χ0) is 15.7. The third-order valence-electron chi connectivity index (χ3n) is 7.87. The van der Waals surface area contributed by atoms with Gasteiger partial charge in [-0.05, 0) is 72.7 Å². The second kappa shape index (κ2) is 4.61. The van der Waals surface area contributed by atoms with Gasteiger partial charge >= 0.3 is 0 Å². The number of rotatable bonds is 0. The molecule has 0 aliphatic heterocycles. The Morgan fingerprint density at radius 2 is 1.91 bits per heavy atom. The van der Waals surface area contributed by atoms with Gasteiger partial charge in [0.05, 0.1) is 0 Å². The predicted molar refractivity (Wildman–Crippen MR) is 87.1 cm³/mol. The van der Waals surface area contributed by atoms with Crippen LogP contribution in [0.3, 0.4) is 0 Å². The van der Waals surface area contributed by atoms with Gasteiger partial charge < -0.3 is 15.9 Å². The topological polar surface area (TPSA) is 66.5 Å². The number of allylic oxidation sites excluding steroid dienone is 2. The Bertz CT molecular complexity index is 542. The number of aliphatic hydroxyl groups is 2. The van der Waals surface area contributed by atoms with Gasteiger partial charge in [-0.15, -0.1) is 0 Å². The number of hydrogen-bond donors (Lipinski definition) is 3. The Balaban J connectivity index is 1.68. The van der Waals surface area contributed by atoms with Gasteiger partial charge in [-0.2, -0.15) is 0 Å². The smallest absolute Gasteiger partial charge is 0.117 e. The van der Waals surface area contributed by atoms with E-state index < -0.39 is 6.10 Å². The highest BCUT2D eigenvalue weighted by Gasteiger charge is 2.58. The van der Waals surface area contributed by atoms with E-state index in [9.17, 15) is 10.2 Å². The maximum Gasteiger partial charge on any atom is 0.117 e. The second-order valence-electron chi connectivity index (χ2n) is 8.75. The highest BCUT2D eigenvalue weighted by molar-refractivity contribution is 5.23. The summed E-state index contributed by atoms with van der Waals surface area (Å²) in [5.74, 6) is 2.53. The third kappa shape index (κ3) is 1.75. The van der Waals surface area contributed by atoms with Crippen molar-refractivity contribution in [1.29, 1.82) is 0 Å². The molecule has 0 aromatic heterocycles. The van der Waals surface area contributed by atoms with Crippen LogP contribution in [0.15, 0.2) is 24.0 Å². The van der Waals surface area contributed by atoms with Crippen molar-refractivity contribution in [3.8, 4) is 0 Å². The van der Waals surface area contributed by atoms with Crippen molar-refractivity contribution in [2.75, 3.05) is 0 Å². The van der Waals surface area contributed by atoms with Crippen molar-refractivity contribution in [3.63, 3.8) is 0 Å². The molecule has 0 aromatic carbocycles. The Labute approximate surface area is 133 Å². The Kier molecular flexibility index (Phi) is 3.09. The zero-order valence-corrected chi connectivity index (χ0v) is 13.7. The van der Waals surface area contributed by atoms with E-state index in [-0.39, 0.29) is 22.6 Å². The molecule has 0 amide bonds. The van der Waals surface area contributed by atoms with Crippen LogP contribution >= 0.6 is 0 Å². The van der Waals surface area contributed by atoms with E-state index in [4.69, 9.17) is 5.73 Å². The summed E-state index contributed by atoms with van der Waals surface area (Å²) in [6.07, 6.45) is 11.3. The first-order chi connectivity index (χ1) is 10.4. The molecule has 3 heteroatoms. The van der Waals surface area contributed by atoms with Gasteiger partial charge in [0, 0.05) is 6.04 Å². The molecular formula is C19H29NO2. The van der Waals surface area contributed by atoms with Gasteiger partial charge in [-0.1, -0.05) is 26.0 Å². The van der Waals surface area contributed by atoms with E-state index >= 15 is 0 Å². The molecule has 0 spiro atoms. The van der Waals surface area contributed by atoms with E-state index in [0.29, 0.717) is 30.1 Å². The minimum atomic E-state index is -0.672. The van der Waals surface area contributed by atoms with Crippen molar-refractivity contribution in [2.24, 2.45) is 40.2 Å². The average molecular weight is 303 g/mol. The molecule has 0 saturated heterocycles. The first-order valence-corrected chi connectivity index (χ1v) is 8.89. The normalized spacial score (nSPS) is 56.8. The van der Waals surface area contributed by atoms with Crippen molar-refractivity contribution in [1.82, 2.24) is 0 Å². The molecule has 4 rings (SSSR count). The largest absolute Gasteiger partial charge is 0.510 e. The van der Waals surface area contributed by atoms with Gasteiger partial charge in [0.25, 0.3) is 0 Å². The molecule has 0 aromatic rings. The fraction of sp³-hybridized carbons (Fsp3) is 0.789. The average Bonchev–Trinajstić information content (AvgIpc) is 2.77. The quantitative estimate of drug-likeness (QED) is 0.602. The van der Waals surface area contributed by atoms with Gasteiger partial charge in [-0.3, -0.25) is 0 Å². The molecular weight excluding hydrogens is 274 g/mol. The van der Waals surface area contributed by atoms with Crippen LogP contribution in [-0.2, 0) is 0 Å². The summed E-state index contributed by atoms with van der Waals surface area (Å²) in [5.41, 5.74) is 6.73. The van der Waals surface area contributed by atoms with Crippen molar-refractivity contribution in [3.05, 3.63) is 24.0 Å². The van der Waals surface area contributed by atoms with E-state index in [1.54, 1.807) is 0 Å². The maximum absolute atomic E-state index is 10.2. The van der Waals surface area contributed by atoms with Crippen molar-refractivity contribution < 1.29 is 10.2 Å². The summed E-state index contributed by atoms with van der Waals surface area (Å²) in [7, 11) is 0. The third-order valence-corrected chi connectivity index (χ3v) is 7.87. The summed E-state index contributed by atoms with van der Waals surface area (Å²) in [5, 5.41) is 20.1. The molecule has 4 aliphatic carbocycles. The minimum absolute atomic E-state index is 0.121. The lowest BCUT2D eigenvalue weighted by Gasteiger charge is -2.59. The number of fused-ring (bicyclic) bond motifs is 5. The Hall–Kier alpha value is -0.800. The molecule has 0 heterocycles. The second-order valence-corrected chi connectivity index (χ2v) is 8.75.